The molecule has 0 bridgehead atoms. The van der Waals surface area contributed by atoms with Crippen LogP contribution in [0.5, 0.6) is 0 Å². The third kappa shape index (κ3) is 5.56. The molecule has 3 heterocycles. The van der Waals surface area contributed by atoms with Gasteiger partial charge in [0, 0.05) is 31.1 Å². The average molecular weight is 468 g/mol. The highest BCUT2D eigenvalue weighted by Gasteiger charge is 2.18. The monoisotopic (exact) mass is 467 g/mol. The van der Waals surface area contributed by atoms with E-state index in [0.29, 0.717) is 25.9 Å². The van der Waals surface area contributed by atoms with Gasteiger partial charge in [0.2, 0.25) is 5.28 Å². The van der Waals surface area contributed by atoms with Crippen molar-refractivity contribution < 1.29 is 9.90 Å². The number of amides is 1. The lowest BCUT2D eigenvalue weighted by Gasteiger charge is -2.19. The fourth-order valence-corrected chi connectivity index (χ4v) is 4.35. The number of rotatable bonds is 11. The molecule has 0 aliphatic rings. The van der Waals surface area contributed by atoms with Gasteiger partial charge < -0.3 is 15.0 Å². The Morgan fingerprint density at radius 3 is 2.68 bits per heavy atom. The van der Waals surface area contributed by atoms with Crippen molar-refractivity contribution in [2.75, 3.05) is 13.1 Å². The maximum Gasteiger partial charge on any atom is 0.407 e. The summed E-state index contributed by atoms with van der Waals surface area (Å²) in [6, 6.07) is 3.90. The van der Waals surface area contributed by atoms with Crippen LogP contribution in [0.2, 0.25) is 5.28 Å². The largest absolute Gasteiger partial charge is 0.465 e. The molecule has 0 spiro atoms. The highest BCUT2D eigenvalue weighted by Crippen LogP contribution is 2.12. The first-order valence-corrected chi connectivity index (χ1v) is 11.6. The van der Waals surface area contributed by atoms with Crippen molar-refractivity contribution in [2.45, 2.75) is 52.1 Å². The number of aromatic nitrogens is 4. The third-order valence-corrected chi connectivity index (χ3v) is 6.22. The normalized spacial score (nSPS) is 11.3. The van der Waals surface area contributed by atoms with E-state index in [9.17, 15) is 19.5 Å². The van der Waals surface area contributed by atoms with Crippen molar-refractivity contribution in [3.8, 4) is 0 Å². The molecule has 3 aromatic rings. The smallest absolute Gasteiger partial charge is 0.407 e. The number of hydrogen-bond donors (Lipinski definition) is 2. The molecule has 0 saturated heterocycles. The molecule has 168 valence electrons. The van der Waals surface area contributed by atoms with Crippen LogP contribution >= 0.6 is 22.9 Å². The highest BCUT2D eigenvalue weighted by atomic mass is 35.5. The van der Waals surface area contributed by atoms with Crippen LogP contribution in [0.15, 0.2) is 27.1 Å². The van der Waals surface area contributed by atoms with E-state index in [1.54, 1.807) is 11.3 Å². The average Bonchev–Trinajstić information content (AvgIpc) is 3.38. The van der Waals surface area contributed by atoms with Crippen LogP contribution < -0.4 is 11.2 Å². The second kappa shape index (κ2) is 10.6. The van der Waals surface area contributed by atoms with Crippen molar-refractivity contribution in [1.82, 2.24) is 24.0 Å². The molecule has 9 nitrogen and oxygen atoms in total. The number of carbonyl (C=O) groups is 1. The van der Waals surface area contributed by atoms with Crippen LogP contribution in [0.25, 0.3) is 11.2 Å². The zero-order valence-electron chi connectivity index (χ0n) is 17.3. The van der Waals surface area contributed by atoms with E-state index in [2.05, 4.69) is 16.9 Å². The Bertz CT molecular complexity index is 1140. The summed E-state index contributed by atoms with van der Waals surface area (Å²) in [5, 5.41) is 11.5. The summed E-state index contributed by atoms with van der Waals surface area (Å²) in [6.45, 7) is 3.20. The molecule has 3 rings (SSSR count). The molecular weight excluding hydrogens is 442 g/mol. The van der Waals surface area contributed by atoms with Gasteiger partial charge in [0.1, 0.15) is 0 Å². The van der Waals surface area contributed by atoms with E-state index in [1.807, 2.05) is 17.5 Å². The van der Waals surface area contributed by atoms with Crippen LogP contribution in [0.4, 0.5) is 4.79 Å². The molecule has 11 heteroatoms. The summed E-state index contributed by atoms with van der Waals surface area (Å²) in [6.07, 6.45) is 2.68. The fraction of sp³-hybridized carbons (Fsp3) is 0.500. The number of nitrogens with one attached hydrogen (secondary N) is 1. The SMILES string of the molecule is CCCCCn1c(=O)n(CCCN(CCc2cccs2)C(=O)O)c(=O)c2[nH]c(Cl)nc21. The Hall–Kier alpha value is -2.59. The first-order valence-electron chi connectivity index (χ1n) is 10.3. The van der Waals surface area contributed by atoms with E-state index >= 15 is 0 Å². The Morgan fingerprint density at radius 1 is 1.23 bits per heavy atom. The quantitative estimate of drug-likeness (QED) is 0.331. The number of carboxylic acid groups (broad SMARTS) is 1. The van der Waals surface area contributed by atoms with Crippen LogP contribution in [0.3, 0.4) is 0 Å². The van der Waals surface area contributed by atoms with Gasteiger partial charge in [-0.3, -0.25) is 13.9 Å². The number of aryl methyl sites for hydroxylation is 1. The summed E-state index contributed by atoms with van der Waals surface area (Å²) in [4.78, 5) is 46.7. The lowest BCUT2D eigenvalue weighted by molar-refractivity contribution is 0.144. The number of thiophene rings is 1. The first-order chi connectivity index (χ1) is 14.9. The van der Waals surface area contributed by atoms with Crippen LogP contribution in [0.1, 0.15) is 37.5 Å². The van der Waals surface area contributed by atoms with E-state index < -0.39 is 17.3 Å². The summed E-state index contributed by atoms with van der Waals surface area (Å²) in [5.41, 5.74) is -0.492. The molecule has 0 fully saturated rings. The highest BCUT2D eigenvalue weighted by molar-refractivity contribution is 7.09. The molecule has 3 aromatic heterocycles. The van der Waals surface area contributed by atoms with Gasteiger partial charge in [-0.05, 0) is 42.3 Å². The van der Waals surface area contributed by atoms with Gasteiger partial charge >= 0.3 is 11.8 Å². The van der Waals surface area contributed by atoms with E-state index in [-0.39, 0.29) is 29.5 Å². The fourth-order valence-electron chi connectivity index (χ4n) is 3.48. The van der Waals surface area contributed by atoms with Gasteiger partial charge in [-0.1, -0.05) is 25.8 Å². The molecule has 31 heavy (non-hydrogen) atoms. The topological polar surface area (TPSA) is 113 Å². The predicted molar refractivity (Wildman–Crippen MR) is 121 cm³/mol. The third-order valence-electron chi connectivity index (χ3n) is 5.11. The number of unbranched alkanes of at least 4 members (excludes halogenated alkanes) is 2. The number of H-pyrrole nitrogens is 1. The lowest BCUT2D eigenvalue weighted by atomic mass is 10.2. The number of halogens is 1. The molecule has 1 amide bonds. The van der Waals surface area contributed by atoms with E-state index in [1.165, 1.54) is 9.47 Å². The Labute approximate surface area is 187 Å². The lowest BCUT2D eigenvalue weighted by Crippen LogP contribution is -2.41. The van der Waals surface area contributed by atoms with Crippen molar-refractivity contribution in [3.63, 3.8) is 0 Å². The number of imidazole rings is 1. The van der Waals surface area contributed by atoms with Gasteiger partial charge in [-0.15, -0.1) is 11.3 Å². The molecular formula is C20H26ClN5O4S. The summed E-state index contributed by atoms with van der Waals surface area (Å²) in [5.74, 6) is 0. The molecule has 0 atom stereocenters. The number of fused-ring (bicyclic) bond motifs is 1. The van der Waals surface area contributed by atoms with Crippen molar-refractivity contribution >= 4 is 40.2 Å². The van der Waals surface area contributed by atoms with Gasteiger partial charge in [-0.2, -0.15) is 4.98 Å². The van der Waals surface area contributed by atoms with Gasteiger partial charge in [0.15, 0.2) is 11.2 Å². The molecule has 0 aromatic carbocycles. The predicted octanol–water partition coefficient (Wildman–Crippen LogP) is 3.40. The molecule has 0 aliphatic carbocycles. The number of aromatic amines is 1. The van der Waals surface area contributed by atoms with Gasteiger partial charge in [0.05, 0.1) is 0 Å². The van der Waals surface area contributed by atoms with E-state index in [0.717, 1.165) is 28.7 Å². The van der Waals surface area contributed by atoms with Crippen LogP contribution in [-0.4, -0.2) is 48.3 Å². The minimum Gasteiger partial charge on any atom is -0.465 e. The molecule has 2 N–H and O–H groups in total. The number of nitrogens with zero attached hydrogens (tertiary/aromatic N) is 4. The summed E-state index contributed by atoms with van der Waals surface area (Å²) >= 11 is 7.53. The van der Waals surface area contributed by atoms with Gasteiger partial charge in [0.25, 0.3) is 5.56 Å². The molecule has 0 saturated carbocycles. The zero-order valence-corrected chi connectivity index (χ0v) is 18.9. The standard InChI is InChI=1S/C20H26ClN5O4S/c1-2-3-4-10-25-16-15(22-18(21)23-16)17(27)26(19(25)28)11-6-9-24(20(29)30)12-8-14-7-5-13-31-14/h5,7,13H,2-4,6,8-12H2,1H3,(H,22,23)(H,29,30). The second-order valence-corrected chi connectivity index (χ2v) is 8.67. The Balaban J connectivity index is 1.76. The van der Waals surface area contributed by atoms with Gasteiger partial charge in [-0.25, -0.2) is 9.59 Å². The molecule has 0 unspecified atom stereocenters. The second-order valence-electron chi connectivity index (χ2n) is 7.28. The first kappa shape index (κ1) is 23.1. The summed E-state index contributed by atoms with van der Waals surface area (Å²) < 4.78 is 2.61. The van der Waals surface area contributed by atoms with Crippen LogP contribution in [-0.2, 0) is 19.5 Å². The van der Waals surface area contributed by atoms with Crippen molar-refractivity contribution in [3.05, 3.63) is 48.5 Å². The zero-order chi connectivity index (χ0) is 22.4. The van der Waals surface area contributed by atoms with Crippen molar-refractivity contribution in [2.24, 2.45) is 0 Å². The van der Waals surface area contributed by atoms with Crippen molar-refractivity contribution in [1.29, 1.82) is 0 Å². The Kier molecular flexibility index (Phi) is 7.91. The van der Waals surface area contributed by atoms with Crippen LogP contribution in [0, 0.1) is 0 Å². The maximum absolute atomic E-state index is 13.0. The Morgan fingerprint density at radius 2 is 2.00 bits per heavy atom. The number of hydrogen-bond acceptors (Lipinski definition) is 5. The van der Waals surface area contributed by atoms with E-state index in [4.69, 9.17) is 11.6 Å². The molecule has 0 aliphatic heterocycles. The minimum atomic E-state index is -1.02. The minimum absolute atomic E-state index is 0.0547. The maximum atomic E-state index is 13.0. The molecule has 0 radical (unpaired) electrons. The summed E-state index contributed by atoms with van der Waals surface area (Å²) in [7, 11) is 0.